The van der Waals surface area contributed by atoms with Crippen LogP contribution in [0.1, 0.15) is 9.88 Å². The second kappa shape index (κ2) is 3.45. The molecule has 0 bridgehead atoms. The molecule has 1 amide bonds. The Morgan fingerprint density at radius 2 is 2.64 bits per heavy atom. The summed E-state index contributed by atoms with van der Waals surface area (Å²) >= 11 is 1.45. The van der Waals surface area contributed by atoms with Gasteiger partial charge in [0, 0.05) is 11.1 Å². The predicted molar refractivity (Wildman–Crippen MR) is 40.5 cm³/mol. The topological polar surface area (TPSA) is 62.2 Å². The second-order valence-corrected chi connectivity index (χ2v) is 3.38. The molecular formula is C6H8N2O2S. The monoisotopic (exact) mass is 172 g/mol. The van der Waals surface area contributed by atoms with Gasteiger partial charge in [0.2, 0.25) is 5.91 Å². The van der Waals surface area contributed by atoms with Gasteiger partial charge < -0.3 is 0 Å². The van der Waals surface area contributed by atoms with E-state index in [1.54, 1.807) is 11.7 Å². The van der Waals surface area contributed by atoms with Crippen LogP contribution in [-0.2, 0) is 11.2 Å². The molecule has 1 heterocycles. The minimum atomic E-state index is -0.409. The van der Waals surface area contributed by atoms with Gasteiger partial charge in [0.1, 0.15) is 0 Å². The fourth-order valence-electron chi connectivity index (χ4n) is 0.685. The summed E-state index contributed by atoms with van der Waals surface area (Å²) in [6, 6.07) is 0. The Labute approximate surface area is 67.8 Å². The molecule has 5 heteroatoms. The van der Waals surface area contributed by atoms with Crippen molar-refractivity contribution in [3.63, 3.8) is 0 Å². The molecule has 0 aliphatic rings. The number of nitrogens with zero attached hydrogens (tertiary/aromatic N) is 1. The lowest BCUT2D eigenvalue weighted by atomic mass is 10.4. The summed E-state index contributed by atoms with van der Waals surface area (Å²) < 4.78 is 0. The summed E-state index contributed by atoms with van der Waals surface area (Å²) in [4.78, 5) is 15.4. The van der Waals surface area contributed by atoms with Crippen LogP contribution >= 0.6 is 11.3 Å². The first kappa shape index (κ1) is 8.16. The van der Waals surface area contributed by atoms with Crippen molar-refractivity contribution >= 4 is 17.2 Å². The smallest absolute Gasteiger partial charge is 0.248 e. The summed E-state index contributed by atoms with van der Waals surface area (Å²) in [6.45, 7) is 1.87. The molecule has 60 valence electrons. The lowest BCUT2D eigenvalue weighted by Gasteiger charge is -1.92. The van der Waals surface area contributed by atoms with Gasteiger partial charge in [-0.3, -0.25) is 10.0 Å². The third-order valence-corrected chi connectivity index (χ3v) is 2.04. The van der Waals surface area contributed by atoms with Crippen LogP contribution in [0, 0.1) is 6.92 Å². The molecule has 0 fully saturated rings. The van der Waals surface area contributed by atoms with Crippen molar-refractivity contribution in [1.82, 2.24) is 10.5 Å². The van der Waals surface area contributed by atoms with Crippen molar-refractivity contribution in [2.75, 3.05) is 0 Å². The number of thiazole rings is 1. The van der Waals surface area contributed by atoms with E-state index in [1.165, 1.54) is 11.3 Å². The number of aryl methyl sites for hydroxylation is 1. The maximum atomic E-state index is 10.6. The molecule has 1 aromatic rings. The average molecular weight is 172 g/mol. The van der Waals surface area contributed by atoms with Gasteiger partial charge in [-0.25, -0.2) is 10.5 Å². The van der Waals surface area contributed by atoms with Crippen LogP contribution in [0.25, 0.3) is 0 Å². The zero-order chi connectivity index (χ0) is 8.27. The fourth-order valence-corrected chi connectivity index (χ4v) is 1.48. The SMILES string of the molecule is Cc1ncc(CC(=O)NO)s1. The number of hydrogen-bond donors (Lipinski definition) is 2. The van der Waals surface area contributed by atoms with Crippen molar-refractivity contribution in [3.05, 3.63) is 16.1 Å². The van der Waals surface area contributed by atoms with E-state index >= 15 is 0 Å². The van der Waals surface area contributed by atoms with Gasteiger partial charge in [-0.2, -0.15) is 0 Å². The van der Waals surface area contributed by atoms with Crippen LogP contribution < -0.4 is 5.48 Å². The van der Waals surface area contributed by atoms with Crippen molar-refractivity contribution in [1.29, 1.82) is 0 Å². The Morgan fingerprint density at radius 3 is 3.09 bits per heavy atom. The molecule has 0 saturated carbocycles. The van der Waals surface area contributed by atoms with Crippen molar-refractivity contribution in [2.24, 2.45) is 0 Å². The number of hydroxylamine groups is 1. The summed E-state index contributed by atoms with van der Waals surface area (Å²) in [5.41, 5.74) is 1.56. The zero-order valence-electron chi connectivity index (χ0n) is 6.00. The summed E-state index contributed by atoms with van der Waals surface area (Å²) in [5, 5.41) is 9.11. The number of aromatic nitrogens is 1. The molecule has 0 unspecified atom stereocenters. The van der Waals surface area contributed by atoms with Crippen LogP contribution in [0.5, 0.6) is 0 Å². The number of rotatable bonds is 2. The summed E-state index contributed by atoms with van der Waals surface area (Å²) in [7, 11) is 0. The minimum absolute atomic E-state index is 0.196. The molecule has 0 aromatic carbocycles. The van der Waals surface area contributed by atoms with Gasteiger partial charge in [0.15, 0.2) is 0 Å². The molecule has 0 saturated heterocycles. The van der Waals surface area contributed by atoms with E-state index in [0.29, 0.717) is 0 Å². The number of hydrogen-bond acceptors (Lipinski definition) is 4. The number of carbonyl (C=O) groups excluding carboxylic acids is 1. The number of amides is 1. The summed E-state index contributed by atoms with van der Waals surface area (Å²) in [5.74, 6) is -0.409. The Hall–Kier alpha value is -0.940. The third-order valence-electron chi connectivity index (χ3n) is 1.13. The lowest BCUT2D eigenvalue weighted by Crippen LogP contribution is -2.20. The first-order valence-corrected chi connectivity index (χ1v) is 3.88. The zero-order valence-corrected chi connectivity index (χ0v) is 6.81. The molecule has 0 aliphatic carbocycles. The van der Waals surface area contributed by atoms with Gasteiger partial charge in [-0.05, 0) is 6.92 Å². The van der Waals surface area contributed by atoms with Crippen LogP contribution in [0.3, 0.4) is 0 Å². The van der Waals surface area contributed by atoms with Crippen LogP contribution in [0.15, 0.2) is 6.20 Å². The maximum absolute atomic E-state index is 10.6. The van der Waals surface area contributed by atoms with E-state index in [2.05, 4.69) is 4.98 Å². The normalized spacial score (nSPS) is 9.64. The molecule has 0 atom stereocenters. The highest BCUT2D eigenvalue weighted by molar-refractivity contribution is 7.11. The number of nitrogens with one attached hydrogen (secondary N) is 1. The molecule has 0 spiro atoms. The van der Waals surface area contributed by atoms with Crippen LogP contribution in [0.2, 0.25) is 0 Å². The Morgan fingerprint density at radius 1 is 1.91 bits per heavy atom. The first-order chi connectivity index (χ1) is 5.22. The van der Waals surface area contributed by atoms with E-state index in [1.807, 2.05) is 6.92 Å². The highest BCUT2D eigenvalue weighted by Crippen LogP contribution is 2.11. The molecular weight excluding hydrogens is 164 g/mol. The third kappa shape index (κ3) is 2.28. The molecule has 4 nitrogen and oxygen atoms in total. The molecule has 2 N–H and O–H groups in total. The minimum Gasteiger partial charge on any atom is -0.289 e. The molecule has 0 radical (unpaired) electrons. The molecule has 1 aromatic heterocycles. The van der Waals surface area contributed by atoms with Crippen molar-refractivity contribution in [3.8, 4) is 0 Å². The van der Waals surface area contributed by atoms with Crippen LogP contribution in [0.4, 0.5) is 0 Å². The Kier molecular flexibility index (Phi) is 2.56. The van der Waals surface area contributed by atoms with Gasteiger partial charge in [-0.15, -0.1) is 11.3 Å². The largest absolute Gasteiger partial charge is 0.289 e. The van der Waals surface area contributed by atoms with E-state index in [9.17, 15) is 4.79 Å². The van der Waals surface area contributed by atoms with Gasteiger partial charge >= 0.3 is 0 Å². The van der Waals surface area contributed by atoms with Crippen molar-refractivity contribution < 1.29 is 10.0 Å². The molecule has 1 rings (SSSR count). The molecule has 11 heavy (non-hydrogen) atoms. The van der Waals surface area contributed by atoms with E-state index < -0.39 is 5.91 Å². The average Bonchev–Trinajstić information content (AvgIpc) is 2.35. The van der Waals surface area contributed by atoms with Gasteiger partial charge in [-0.1, -0.05) is 0 Å². The van der Waals surface area contributed by atoms with E-state index in [0.717, 1.165) is 9.88 Å². The van der Waals surface area contributed by atoms with Crippen LogP contribution in [-0.4, -0.2) is 16.1 Å². The first-order valence-electron chi connectivity index (χ1n) is 3.06. The standard InChI is InChI=1S/C6H8N2O2S/c1-4-7-3-5(11-4)2-6(9)8-10/h3,10H,2H2,1H3,(H,8,9). The Bertz CT molecular complexity index is 259. The maximum Gasteiger partial charge on any atom is 0.248 e. The lowest BCUT2D eigenvalue weighted by molar-refractivity contribution is -0.128. The second-order valence-electron chi connectivity index (χ2n) is 2.06. The number of carbonyl (C=O) groups is 1. The van der Waals surface area contributed by atoms with Crippen molar-refractivity contribution in [2.45, 2.75) is 13.3 Å². The van der Waals surface area contributed by atoms with Gasteiger partial charge in [0.25, 0.3) is 0 Å². The van der Waals surface area contributed by atoms with E-state index in [-0.39, 0.29) is 6.42 Å². The quantitative estimate of drug-likeness (QED) is 0.504. The summed E-state index contributed by atoms with van der Waals surface area (Å²) in [6.07, 6.45) is 1.83. The highest BCUT2D eigenvalue weighted by Gasteiger charge is 2.03. The fraction of sp³-hybridized carbons (Fsp3) is 0.333. The predicted octanol–water partition coefficient (Wildman–Crippen LogP) is 0.499. The molecule has 0 aliphatic heterocycles. The van der Waals surface area contributed by atoms with Gasteiger partial charge in [0.05, 0.1) is 11.4 Å². The highest BCUT2D eigenvalue weighted by atomic mass is 32.1. The Balaban J connectivity index is 2.57. The van der Waals surface area contributed by atoms with E-state index in [4.69, 9.17) is 5.21 Å².